The number of nitrogens with zero attached hydrogens (tertiary/aromatic N) is 3. The molecule has 5 nitrogen and oxygen atoms in total. The van der Waals surface area contributed by atoms with Gasteiger partial charge in [-0.05, 0) is 42.5 Å². The van der Waals surface area contributed by atoms with E-state index in [0.717, 1.165) is 68.8 Å². The number of hydrogen-bond donors (Lipinski definition) is 0. The number of benzene rings is 1. The van der Waals surface area contributed by atoms with Gasteiger partial charge < -0.3 is 14.5 Å². The fourth-order valence-corrected chi connectivity index (χ4v) is 5.40. The first-order chi connectivity index (χ1) is 14.1. The summed E-state index contributed by atoms with van der Waals surface area (Å²) in [5, 5.41) is 2.04. The number of likely N-dealkylation sites (tertiary alicyclic amines) is 2. The zero-order valence-electron chi connectivity index (χ0n) is 16.5. The van der Waals surface area contributed by atoms with E-state index in [1.54, 1.807) is 17.4 Å². The van der Waals surface area contributed by atoms with E-state index in [2.05, 4.69) is 9.88 Å². The largest absolute Gasteiger partial charge is 0.365 e. The van der Waals surface area contributed by atoms with Gasteiger partial charge in [0.25, 0.3) is 0 Å². The Labute approximate surface area is 174 Å². The van der Waals surface area contributed by atoms with Crippen LogP contribution in [0.5, 0.6) is 0 Å². The molecule has 3 aliphatic rings. The molecule has 1 aromatic carbocycles. The summed E-state index contributed by atoms with van der Waals surface area (Å²) in [5.41, 5.74) is 4.60. The highest BCUT2D eigenvalue weighted by Crippen LogP contribution is 2.44. The number of ether oxygens (including phenoxy) is 1. The van der Waals surface area contributed by atoms with Crippen molar-refractivity contribution in [2.45, 2.75) is 37.9 Å². The first-order valence-corrected chi connectivity index (χ1v) is 11.4. The van der Waals surface area contributed by atoms with Gasteiger partial charge in [0.1, 0.15) is 5.82 Å². The summed E-state index contributed by atoms with van der Waals surface area (Å²) in [6.45, 7) is 4.79. The molecule has 0 unspecified atom stereocenters. The topological polar surface area (TPSA) is 45.7 Å². The predicted octanol–water partition coefficient (Wildman–Crippen LogP) is 3.19. The minimum Gasteiger partial charge on any atom is -0.365 e. The Balaban J connectivity index is 1.26. The number of hydrogen-bond acceptors (Lipinski definition) is 5. The zero-order valence-corrected chi connectivity index (χ0v) is 17.3. The monoisotopic (exact) mass is 415 g/mol. The van der Waals surface area contributed by atoms with E-state index in [9.17, 15) is 9.18 Å². The van der Waals surface area contributed by atoms with Crippen LogP contribution >= 0.6 is 11.3 Å². The van der Waals surface area contributed by atoms with E-state index < -0.39 is 0 Å². The van der Waals surface area contributed by atoms with Crippen LogP contribution in [0.15, 0.2) is 29.1 Å². The SMILES string of the molecule is O=C([C@H](Cc1cscn1)CN1CCC2(CC1)OCc1ccc(F)cc12)N1CCC1. The zero-order chi connectivity index (χ0) is 19.8. The van der Waals surface area contributed by atoms with Gasteiger partial charge in [-0.25, -0.2) is 9.37 Å². The van der Waals surface area contributed by atoms with Gasteiger partial charge in [-0.3, -0.25) is 4.79 Å². The second-order valence-electron chi connectivity index (χ2n) is 8.44. The molecule has 7 heteroatoms. The highest BCUT2D eigenvalue weighted by atomic mass is 32.1. The second kappa shape index (κ2) is 7.78. The van der Waals surface area contributed by atoms with Crippen LogP contribution in [-0.2, 0) is 28.2 Å². The summed E-state index contributed by atoms with van der Waals surface area (Å²) < 4.78 is 20.0. The lowest BCUT2D eigenvalue weighted by Crippen LogP contribution is -2.50. The quantitative estimate of drug-likeness (QED) is 0.752. The molecule has 0 N–H and O–H groups in total. The van der Waals surface area contributed by atoms with Crippen molar-refractivity contribution in [2.75, 3.05) is 32.7 Å². The standard InChI is InChI=1S/C22H26FN3O2S/c23-18-3-2-16-13-28-22(20(16)11-18)4-8-25(9-5-22)12-17(10-19-14-29-15-24-19)21(27)26-6-1-7-26/h2-3,11,14-15,17H,1,4-10,12-13H2/t17-/m1/s1. The number of halogens is 1. The lowest BCUT2D eigenvalue weighted by atomic mass is 9.83. The Morgan fingerprint density at radius 2 is 2.10 bits per heavy atom. The summed E-state index contributed by atoms with van der Waals surface area (Å²) in [7, 11) is 0. The molecular formula is C22H26FN3O2S. The number of rotatable bonds is 5. The van der Waals surface area contributed by atoms with Crippen LogP contribution in [0, 0.1) is 11.7 Å². The molecule has 1 amide bonds. The maximum Gasteiger partial charge on any atom is 0.227 e. The van der Waals surface area contributed by atoms with E-state index in [4.69, 9.17) is 4.74 Å². The molecule has 0 aliphatic carbocycles. The Hall–Kier alpha value is -1.83. The number of amides is 1. The average molecular weight is 416 g/mol. The molecule has 3 aliphatic heterocycles. The third kappa shape index (κ3) is 3.71. The third-order valence-corrected chi connectivity index (χ3v) is 7.30. The fourth-order valence-electron chi connectivity index (χ4n) is 4.83. The molecule has 1 spiro atoms. The summed E-state index contributed by atoms with van der Waals surface area (Å²) in [6.07, 6.45) is 3.48. The summed E-state index contributed by atoms with van der Waals surface area (Å²) in [6, 6.07) is 5.01. The summed E-state index contributed by atoms with van der Waals surface area (Å²) >= 11 is 1.58. The molecule has 29 heavy (non-hydrogen) atoms. The van der Waals surface area contributed by atoms with Crippen molar-refractivity contribution in [3.05, 3.63) is 51.7 Å². The molecule has 0 saturated carbocycles. The molecule has 2 saturated heterocycles. The van der Waals surface area contributed by atoms with E-state index >= 15 is 0 Å². The molecule has 5 rings (SSSR count). The van der Waals surface area contributed by atoms with Crippen molar-refractivity contribution in [1.82, 2.24) is 14.8 Å². The van der Waals surface area contributed by atoms with Crippen molar-refractivity contribution >= 4 is 17.2 Å². The second-order valence-corrected chi connectivity index (χ2v) is 9.16. The first-order valence-electron chi connectivity index (χ1n) is 10.4. The molecule has 154 valence electrons. The smallest absolute Gasteiger partial charge is 0.227 e. The number of aromatic nitrogens is 1. The average Bonchev–Trinajstić information content (AvgIpc) is 3.30. The van der Waals surface area contributed by atoms with Gasteiger partial charge in [-0.2, -0.15) is 0 Å². The van der Waals surface area contributed by atoms with Gasteiger partial charge in [0.2, 0.25) is 5.91 Å². The van der Waals surface area contributed by atoms with Gasteiger partial charge in [-0.15, -0.1) is 11.3 Å². The van der Waals surface area contributed by atoms with Crippen molar-refractivity contribution < 1.29 is 13.9 Å². The van der Waals surface area contributed by atoms with Crippen molar-refractivity contribution in [3.63, 3.8) is 0 Å². The number of piperidine rings is 1. The number of thiazole rings is 1. The highest BCUT2D eigenvalue weighted by molar-refractivity contribution is 7.07. The normalized spacial score (nSPS) is 21.8. The first kappa shape index (κ1) is 19.2. The number of carbonyl (C=O) groups is 1. The van der Waals surface area contributed by atoms with E-state index in [-0.39, 0.29) is 23.2 Å². The minimum atomic E-state index is -0.361. The summed E-state index contributed by atoms with van der Waals surface area (Å²) in [4.78, 5) is 21.7. The maximum atomic E-state index is 13.8. The van der Waals surface area contributed by atoms with Crippen LogP contribution in [0.3, 0.4) is 0 Å². The minimum absolute atomic E-state index is 0.0549. The van der Waals surface area contributed by atoms with Gasteiger partial charge in [0.05, 0.1) is 29.3 Å². The highest BCUT2D eigenvalue weighted by Gasteiger charge is 2.43. The Morgan fingerprint density at radius 3 is 2.79 bits per heavy atom. The molecule has 0 bridgehead atoms. The van der Waals surface area contributed by atoms with Crippen LogP contribution in [0.25, 0.3) is 0 Å². The lowest BCUT2D eigenvalue weighted by molar-refractivity contribution is -0.140. The van der Waals surface area contributed by atoms with E-state index in [1.165, 1.54) is 6.07 Å². The fraction of sp³-hybridized carbons (Fsp3) is 0.545. The molecule has 1 aromatic heterocycles. The van der Waals surface area contributed by atoms with E-state index in [1.807, 2.05) is 21.9 Å². The van der Waals surface area contributed by atoms with Gasteiger partial charge in [0.15, 0.2) is 0 Å². The van der Waals surface area contributed by atoms with Crippen molar-refractivity contribution in [3.8, 4) is 0 Å². The van der Waals surface area contributed by atoms with Gasteiger partial charge in [0, 0.05) is 44.5 Å². The van der Waals surface area contributed by atoms with Gasteiger partial charge in [-0.1, -0.05) is 6.07 Å². The molecule has 4 heterocycles. The van der Waals surface area contributed by atoms with Crippen molar-refractivity contribution in [2.24, 2.45) is 5.92 Å². The Bertz CT molecular complexity index is 876. The maximum absolute atomic E-state index is 13.8. The van der Waals surface area contributed by atoms with Crippen LogP contribution in [-0.4, -0.2) is 53.4 Å². The van der Waals surface area contributed by atoms with Crippen molar-refractivity contribution in [1.29, 1.82) is 0 Å². The van der Waals surface area contributed by atoms with Crippen LogP contribution in [0.2, 0.25) is 0 Å². The third-order valence-electron chi connectivity index (χ3n) is 6.67. The summed E-state index contributed by atoms with van der Waals surface area (Å²) in [5.74, 6) is 0.00859. The van der Waals surface area contributed by atoms with Crippen LogP contribution < -0.4 is 0 Å². The lowest BCUT2D eigenvalue weighted by Gasteiger charge is -2.41. The Kier molecular flexibility index (Phi) is 5.14. The van der Waals surface area contributed by atoms with E-state index in [0.29, 0.717) is 13.0 Å². The molecular weight excluding hydrogens is 389 g/mol. The number of fused-ring (bicyclic) bond motifs is 2. The molecule has 2 fully saturated rings. The van der Waals surface area contributed by atoms with Crippen LogP contribution in [0.1, 0.15) is 36.1 Å². The predicted molar refractivity (Wildman–Crippen MR) is 109 cm³/mol. The number of carbonyl (C=O) groups excluding carboxylic acids is 1. The molecule has 1 atom stereocenters. The molecule has 2 aromatic rings. The van der Waals surface area contributed by atoms with Crippen LogP contribution in [0.4, 0.5) is 4.39 Å². The Morgan fingerprint density at radius 1 is 1.28 bits per heavy atom. The molecule has 0 radical (unpaired) electrons. The van der Waals surface area contributed by atoms with Gasteiger partial charge >= 0.3 is 0 Å².